The molecule has 0 saturated heterocycles. The first kappa shape index (κ1) is 16.8. The van der Waals surface area contributed by atoms with Gasteiger partial charge in [-0.25, -0.2) is 0 Å². The molecule has 0 bridgehead atoms. The maximum Gasteiger partial charge on any atom is 0.255 e. The minimum atomic E-state index is -0.0257. The zero-order valence-corrected chi connectivity index (χ0v) is 13.2. The average Bonchev–Trinajstić information content (AvgIpc) is 2.45. The molecule has 0 atom stereocenters. The molecule has 0 unspecified atom stereocenters. The SMILES string of the molecule is CCCNc1ccc(Cl)cc1C(=O)N(C)CCCOC. The molecule has 1 aromatic rings. The van der Waals surface area contributed by atoms with E-state index in [1.165, 1.54) is 0 Å². The van der Waals surface area contributed by atoms with E-state index in [1.54, 1.807) is 31.2 Å². The molecule has 1 rings (SSSR count). The monoisotopic (exact) mass is 298 g/mol. The van der Waals surface area contributed by atoms with Crippen molar-refractivity contribution in [1.82, 2.24) is 4.90 Å². The molecule has 0 aliphatic heterocycles. The van der Waals surface area contributed by atoms with Crippen LogP contribution in [0.5, 0.6) is 0 Å². The van der Waals surface area contributed by atoms with E-state index in [2.05, 4.69) is 12.2 Å². The van der Waals surface area contributed by atoms with Crippen LogP contribution >= 0.6 is 11.6 Å². The van der Waals surface area contributed by atoms with E-state index >= 15 is 0 Å². The van der Waals surface area contributed by atoms with E-state index in [-0.39, 0.29) is 5.91 Å². The lowest BCUT2D eigenvalue weighted by Gasteiger charge is -2.19. The lowest BCUT2D eigenvalue weighted by atomic mass is 10.1. The van der Waals surface area contributed by atoms with Gasteiger partial charge >= 0.3 is 0 Å². The van der Waals surface area contributed by atoms with Crippen molar-refractivity contribution in [3.8, 4) is 0 Å². The van der Waals surface area contributed by atoms with E-state index in [0.717, 1.165) is 25.1 Å². The molecule has 4 nitrogen and oxygen atoms in total. The van der Waals surface area contributed by atoms with Gasteiger partial charge in [-0.2, -0.15) is 0 Å². The molecule has 112 valence electrons. The number of carbonyl (C=O) groups excluding carboxylic acids is 1. The summed E-state index contributed by atoms with van der Waals surface area (Å²) in [5.74, 6) is -0.0257. The van der Waals surface area contributed by atoms with Crippen LogP contribution in [0.25, 0.3) is 0 Å². The van der Waals surface area contributed by atoms with E-state index in [0.29, 0.717) is 23.7 Å². The Morgan fingerprint density at radius 1 is 1.45 bits per heavy atom. The fourth-order valence-corrected chi connectivity index (χ4v) is 2.03. The second kappa shape index (κ2) is 8.82. The van der Waals surface area contributed by atoms with Crippen molar-refractivity contribution >= 4 is 23.2 Å². The van der Waals surface area contributed by atoms with Gasteiger partial charge < -0.3 is 15.0 Å². The number of carbonyl (C=O) groups is 1. The molecule has 0 aromatic heterocycles. The third-order valence-electron chi connectivity index (χ3n) is 2.97. The second-order valence-corrected chi connectivity index (χ2v) is 5.13. The molecule has 1 amide bonds. The zero-order chi connectivity index (χ0) is 15.0. The molecule has 0 aliphatic carbocycles. The number of hydrogen-bond acceptors (Lipinski definition) is 3. The lowest BCUT2D eigenvalue weighted by Crippen LogP contribution is -2.29. The van der Waals surface area contributed by atoms with Crippen molar-refractivity contribution in [2.45, 2.75) is 19.8 Å². The molecular weight excluding hydrogens is 276 g/mol. The maximum atomic E-state index is 12.5. The van der Waals surface area contributed by atoms with Crippen LogP contribution in [0, 0.1) is 0 Å². The highest BCUT2D eigenvalue weighted by Crippen LogP contribution is 2.22. The van der Waals surface area contributed by atoms with Gasteiger partial charge in [0.1, 0.15) is 0 Å². The predicted molar refractivity (Wildman–Crippen MR) is 83.7 cm³/mol. The molecule has 5 heteroatoms. The van der Waals surface area contributed by atoms with E-state index in [1.807, 2.05) is 6.07 Å². The Bertz CT molecular complexity index is 438. The molecule has 0 spiro atoms. The van der Waals surface area contributed by atoms with Gasteiger partial charge in [-0.3, -0.25) is 4.79 Å². The number of hydrogen-bond donors (Lipinski definition) is 1. The summed E-state index contributed by atoms with van der Waals surface area (Å²) in [4.78, 5) is 14.2. The number of nitrogens with zero attached hydrogens (tertiary/aromatic N) is 1. The van der Waals surface area contributed by atoms with E-state index in [9.17, 15) is 4.79 Å². The van der Waals surface area contributed by atoms with Crippen molar-refractivity contribution in [3.63, 3.8) is 0 Å². The molecule has 20 heavy (non-hydrogen) atoms. The smallest absolute Gasteiger partial charge is 0.255 e. The summed E-state index contributed by atoms with van der Waals surface area (Å²) in [7, 11) is 3.45. The Morgan fingerprint density at radius 2 is 2.20 bits per heavy atom. The average molecular weight is 299 g/mol. The molecule has 0 radical (unpaired) electrons. The maximum absolute atomic E-state index is 12.5. The number of nitrogens with one attached hydrogen (secondary N) is 1. The van der Waals surface area contributed by atoms with Crippen molar-refractivity contribution in [2.24, 2.45) is 0 Å². The van der Waals surface area contributed by atoms with Crippen LogP contribution in [0.4, 0.5) is 5.69 Å². The highest BCUT2D eigenvalue weighted by atomic mass is 35.5. The van der Waals surface area contributed by atoms with Gasteiger partial charge in [-0.1, -0.05) is 18.5 Å². The van der Waals surface area contributed by atoms with Gasteiger partial charge in [-0.05, 0) is 31.0 Å². The third kappa shape index (κ3) is 5.02. The highest BCUT2D eigenvalue weighted by Gasteiger charge is 2.16. The molecule has 0 aliphatic rings. The third-order valence-corrected chi connectivity index (χ3v) is 3.20. The van der Waals surface area contributed by atoms with Gasteiger partial charge in [0.15, 0.2) is 0 Å². The number of benzene rings is 1. The summed E-state index contributed by atoms with van der Waals surface area (Å²) in [5, 5.41) is 3.83. The summed E-state index contributed by atoms with van der Waals surface area (Å²) in [5.41, 5.74) is 1.45. The first-order valence-electron chi connectivity index (χ1n) is 6.88. The van der Waals surface area contributed by atoms with Gasteiger partial charge in [-0.15, -0.1) is 0 Å². The van der Waals surface area contributed by atoms with Gasteiger partial charge in [0, 0.05) is 44.6 Å². The highest BCUT2D eigenvalue weighted by molar-refractivity contribution is 6.31. The van der Waals surface area contributed by atoms with Gasteiger partial charge in [0.05, 0.1) is 5.56 Å². The number of methoxy groups -OCH3 is 1. The van der Waals surface area contributed by atoms with Crippen molar-refractivity contribution in [2.75, 3.05) is 39.2 Å². The molecule has 1 N–H and O–H groups in total. The lowest BCUT2D eigenvalue weighted by molar-refractivity contribution is 0.0780. The second-order valence-electron chi connectivity index (χ2n) is 4.69. The van der Waals surface area contributed by atoms with Crippen molar-refractivity contribution in [3.05, 3.63) is 28.8 Å². The number of rotatable bonds is 8. The normalized spacial score (nSPS) is 10.4. The van der Waals surface area contributed by atoms with E-state index < -0.39 is 0 Å². The van der Waals surface area contributed by atoms with Gasteiger partial charge in [0.25, 0.3) is 5.91 Å². The van der Waals surface area contributed by atoms with Crippen molar-refractivity contribution < 1.29 is 9.53 Å². The van der Waals surface area contributed by atoms with Crippen molar-refractivity contribution in [1.29, 1.82) is 0 Å². The fourth-order valence-electron chi connectivity index (χ4n) is 1.86. The number of ether oxygens (including phenoxy) is 1. The molecular formula is C15H23ClN2O2. The Hall–Kier alpha value is -1.26. The van der Waals surface area contributed by atoms with Crippen LogP contribution < -0.4 is 5.32 Å². The van der Waals surface area contributed by atoms with Crippen LogP contribution in [-0.4, -0.2) is 44.7 Å². The fraction of sp³-hybridized carbons (Fsp3) is 0.533. The van der Waals surface area contributed by atoms with Crippen LogP contribution in [0.15, 0.2) is 18.2 Å². The summed E-state index contributed by atoms with van der Waals surface area (Å²) < 4.78 is 5.00. The Kier molecular flexibility index (Phi) is 7.41. The minimum Gasteiger partial charge on any atom is -0.385 e. The molecule has 0 heterocycles. The number of amides is 1. The molecule has 1 aromatic carbocycles. The van der Waals surface area contributed by atoms with E-state index in [4.69, 9.17) is 16.3 Å². The Morgan fingerprint density at radius 3 is 2.85 bits per heavy atom. The van der Waals surface area contributed by atoms with Crippen LogP contribution in [-0.2, 0) is 4.74 Å². The van der Waals surface area contributed by atoms with Crippen LogP contribution in [0.2, 0.25) is 5.02 Å². The Balaban J connectivity index is 2.81. The summed E-state index contributed by atoms with van der Waals surface area (Å²) in [6.45, 7) is 4.22. The van der Waals surface area contributed by atoms with Crippen LogP contribution in [0.3, 0.4) is 0 Å². The topological polar surface area (TPSA) is 41.6 Å². The molecule has 0 fully saturated rings. The largest absolute Gasteiger partial charge is 0.385 e. The molecule has 0 saturated carbocycles. The summed E-state index contributed by atoms with van der Waals surface area (Å²) in [6.07, 6.45) is 1.82. The van der Waals surface area contributed by atoms with Crippen LogP contribution in [0.1, 0.15) is 30.1 Å². The van der Waals surface area contributed by atoms with Gasteiger partial charge in [0.2, 0.25) is 0 Å². The summed E-state index contributed by atoms with van der Waals surface area (Å²) >= 11 is 6.01. The summed E-state index contributed by atoms with van der Waals surface area (Å²) in [6, 6.07) is 5.37. The number of halogens is 1. The predicted octanol–water partition coefficient (Wildman–Crippen LogP) is 3.27. The Labute approximate surface area is 126 Å². The minimum absolute atomic E-state index is 0.0257. The first-order valence-corrected chi connectivity index (χ1v) is 7.25. The zero-order valence-electron chi connectivity index (χ0n) is 12.4. The number of anilines is 1. The standard InChI is InChI=1S/C15H23ClN2O2/c1-4-8-17-14-7-6-12(16)11-13(14)15(19)18(2)9-5-10-20-3/h6-7,11,17H,4-5,8-10H2,1-3H3. The quantitative estimate of drug-likeness (QED) is 0.749. The first-order chi connectivity index (χ1) is 9.60.